The van der Waals surface area contributed by atoms with Crippen molar-refractivity contribution >= 4 is 0 Å². The highest BCUT2D eigenvalue weighted by molar-refractivity contribution is 5.14. The summed E-state index contributed by atoms with van der Waals surface area (Å²) in [5.74, 6) is 0. The Morgan fingerprint density at radius 3 is 2.57 bits per heavy atom. The first-order valence-corrected chi connectivity index (χ1v) is 5.07. The van der Waals surface area contributed by atoms with Crippen LogP contribution in [-0.4, -0.2) is 11.2 Å². The van der Waals surface area contributed by atoms with E-state index in [1.54, 1.807) is 0 Å². The molecule has 1 rings (SSSR count). The topological polar surface area (TPSA) is 20.2 Å². The first kappa shape index (κ1) is 11.0. The molecule has 0 heterocycles. The van der Waals surface area contributed by atoms with E-state index >= 15 is 0 Å². The zero-order chi connectivity index (χ0) is 10.4. The summed E-state index contributed by atoms with van der Waals surface area (Å²) >= 11 is 0. The Morgan fingerprint density at radius 2 is 2.00 bits per heavy atom. The maximum atomic E-state index is 9.50. The van der Waals surface area contributed by atoms with Crippen molar-refractivity contribution in [1.82, 2.24) is 0 Å². The molecule has 0 saturated carbocycles. The SMILES string of the molecule is C=C(C)[C@H](O)CCCc1ccccc1. The lowest BCUT2D eigenvalue weighted by atomic mass is 10.0. The standard InChI is InChI=1S/C13H18O/c1-11(2)13(14)10-6-9-12-7-4-3-5-8-12/h3-5,7-8,13-14H,1,6,9-10H2,2H3/t13-/m1/s1. The van der Waals surface area contributed by atoms with Crippen LogP contribution in [-0.2, 0) is 6.42 Å². The highest BCUT2D eigenvalue weighted by atomic mass is 16.3. The van der Waals surface area contributed by atoms with Crippen LogP contribution in [0.3, 0.4) is 0 Å². The second-order valence-electron chi connectivity index (χ2n) is 3.74. The number of rotatable bonds is 5. The minimum atomic E-state index is -0.335. The van der Waals surface area contributed by atoms with Gasteiger partial charge >= 0.3 is 0 Å². The Morgan fingerprint density at radius 1 is 1.36 bits per heavy atom. The largest absolute Gasteiger partial charge is 0.389 e. The summed E-state index contributed by atoms with van der Waals surface area (Å²) in [6, 6.07) is 10.3. The lowest BCUT2D eigenvalue weighted by Gasteiger charge is -2.09. The molecular weight excluding hydrogens is 172 g/mol. The predicted molar refractivity (Wildman–Crippen MR) is 60.2 cm³/mol. The molecule has 1 atom stereocenters. The Hall–Kier alpha value is -1.08. The normalized spacial score (nSPS) is 12.4. The van der Waals surface area contributed by atoms with Gasteiger partial charge in [-0.1, -0.05) is 42.5 Å². The van der Waals surface area contributed by atoms with Crippen molar-refractivity contribution < 1.29 is 5.11 Å². The first-order valence-electron chi connectivity index (χ1n) is 5.07. The third-order valence-corrected chi connectivity index (χ3v) is 2.35. The highest BCUT2D eigenvalue weighted by Gasteiger charge is 2.03. The van der Waals surface area contributed by atoms with Gasteiger partial charge in [-0.05, 0) is 31.7 Å². The molecule has 0 amide bonds. The van der Waals surface area contributed by atoms with Crippen LogP contribution in [0.1, 0.15) is 25.3 Å². The van der Waals surface area contributed by atoms with Crippen LogP contribution < -0.4 is 0 Å². The minimum Gasteiger partial charge on any atom is -0.389 e. The molecule has 14 heavy (non-hydrogen) atoms. The second-order valence-corrected chi connectivity index (χ2v) is 3.74. The summed E-state index contributed by atoms with van der Waals surface area (Å²) in [7, 11) is 0. The molecule has 0 bridgehead atoms. The number of aliphatic hydroxyl groups excluding tert-OH is 1. The van der Waals surface area contributed by atoms with E-state index in [1.807, 2.05) is 25.1 Å². The van der Waals surface area contributed by atoms with E-state index in [-0.39, 0.29) is 6.10 Å². The first-order chi connectivity index (χ1) is 6.70. The fraction of sp³-hybridized carbons (Fsp3) is 0.385. The lowest BCUT2D eigenvalue weighted by Crippen LogP contribution is -2.07. The molecule has 0 aliphatic heterocycles. The number of hydrogen-bond donors (Lipinski definition) is 1. The zero-order valence-corrected chi connectivity index (χ0v) is 8.74. The molecule has 1 aromatic rings. The second kappa shape index (κ2) is 5.61. The monoisotopic (exact) mass is 190 g/mol. The van der Waals surface area contributed by atoms with Crippen molar-refractivity contribution in [3.63, 3.8) is 0 Å². The number of hydrogen-bond acceptors (Lipinski definition) is 1. The maximum Gasteiger partial charge on any atom is 0.0744 e. The van der Waals surface area contributed by atoms with Gasteiger partial charge in [0.05, 0.1) is 6.10 Å². The Kier molecular flexibility index (Phi) is 4.41. The third-order valence-electron chi connectivity index (χ3n) is 2.35. The van der Waals surface area contributed by atoms with Crippen molar-refractivity contribution in [2.24, 2.45) is 0 Å². The summed E-state index contributed by atoms with van der Waals surface area (Å²) in [6.07, 6.45) is 2.52. The van der Waals surface area contributed by atoms with E-state index in [0.717, 1.165) is 24.8 Å². The van der Waals surface area contributed by atoms with Gasteiger partial charge in [0.25, 0.3) is 0 Å². The molecule has 0 radical (unpaired) electrons. The van der Waals surface area contributed by atoms with Gasteiger partial charge < -0.3 is 5.11 Å². The van der Waals surface area contributed by atoms with Gasteiger partial charge in [0.2, 0.25) is 0 Å². The summed E-state index contributed by atoms with van der Waals surface area (Å²) in [4.78, 5) is 0. The molecule has 0 spiro atoms. The zero-order valence-electron chi connectivity index (χ0n) is 8.74. The fourth-order valence-electron chi connectivity index (χ4n) is 1.39. The van der Waals surface area contributed by atoms with E-state index in [1.165, 1.54) is 5.56 Å². The fourth-order valence-corrected chi connectivity index (χ4v) is 1.39. The lowest BCUT2D eigenvalue weighted by molar-refractivity contribution is 0.198. The van der Waals surface area contributed by atoms with Crippen molar-refractivity contribution in [3.8, 4) is 0 Å². The summed E-state index contributed by atoms with van der Waals surface area (Å²) in [5, 5.41) is 9.50. The van der Waals surface area contributed by atoms with Gasteiger partial charge in [-0.3, -0.25) is 0 Å². The molecular formula is C13H18O. The van der Waals surface area contributed by atoms with Crippen LogP contribution in [0.2, 0.25) is 0 Å². The van der Waals surface area contributed by atoms with Gasteiger partial charge in [-0.25, -0.2) is 0 Å². The minimum absolute atomic E-state index is 0.335. The van der Waals surface area contributed by atoms with Crippen LogP contribution >= 0.6 is 0 Å². The quantitative estimate of drug-likeness (QED) is 0.708. The van der Waals surface area contributed by atoms with Crippen LogP contribution in [0.5, 0.6) is 0 Å². The number of aliphatic hydroxyl groups is 1. The Balaban J connectivity index is 2.26. The van der Waals surface area contributed by atoms with Crippen LogP contribution in [0, 0.1) is 0 Å². The van der Waals surface area contributed by atoms with E-state index in [2.05, 4.69) is 18.7 Å². The number of aryl methyl sites for hydroxylation is 1. The summed E-state index contributed by atoms with van der Waals surface area (Å²) in [6.45, 7) is 5.60. The van der Waals surface area contributed by atoms with E-state index in [9.17, 15) is 5.11 Å². The molecule has 1 N–H and O–H groups in total. The van der Waals surface area contributed by atoms with Gasteiger partial charge in [0, 0.05) is 0 Å². The average Bonchev–Trinajstić information content (AvgIpc) is 2.19. The molecule has 0 saturated heterocycles. The molecule has 0 unspecified atom stereocenters. The molecule has 0 aliphatic rings. The third kappa shape index (κ3) is 3.75. The van der Waals surface area contributed by atoms with Gasteiger partial charge in [-0.2, -0.15) is 0 Å². The van der Waals surface area contributed by atoms with E-state index in [4.69, 9.17) is 0 Å². The molecule has 0 aliphatic carbocycles. The van der Waals surface area contributed by atoms with Gasteiger partial charge in [0.15, 0.2) is 0 Å². The predicted octanol–water partition coefficient (Wildman–Crippen LogP) is 2.95. The Labute approximate surface area is 86.1 Å². The number of benzene rings is 1. The van der Waals surface area contributed by atoms with E-state index in [0.29, 0.717) is 0 Å². The maximum absolute atomic E-state index is 9.50. The van der Waals surface area contributed by atoms with Crippen LogP contribution in [0.4, 0.5) is 0 Å². The van der Waals surface area contributed by atoms with Crippen molar-refractivity contribution in [1.29, 1.82) is 0 Å². The summed E-state index contributed by atoms with van der Waals surface area (Å²) in [5.41, 5.74) is 2.19. The smallest absolute Gasteiger partial charge is 0.0744 e. The molecule has 0 aromatic heterocycles. The summed E-state index contributed by atoms with van der Waals surface area (Å²) < 4.78 is 0. The molecule has 1 aromatic carbocycles. The molecule has 76 valence electrons. The molecule has 1 nitrogen and oxygen atoms in total. The Bertz CT molecular complexity index is 277. The van der Waals surface area contributed by atoms with Crippen LogP contribution in [0.25, 0.3) is 0 Å². The van der Waals surface area contributed by atoms with Crippen molar-refractivity contribution in [3.05, 3.63) is 48.0 Å². The van der Waals surface area contributed by atoms with Gasteiger partial charge in [0.1, 0.15) is 0 Å². The average molecular weight is 190 g/mol. The van der Waals surface area contributed by atoms with Crippen molar-refractivity contribution in [2.45, 2.75) is 32.3 Å². The van der Waals surface area contributed by atoms with Gasteiger partial charge in [-0.15, -0.1) is 0 Å². The molecule has 1 heteroatoms. The van der Waals surface area contributed by atoms with Crippen molar-refractivity contribution in [2.75, 3.05) is 0 Å². The van der Waals surface area contributed by atoms with E-state index < -0.39 is 0 Å². The highest BCUT2D eigenvalue weighted by Crippen LogP contribution is 2.09. The molecule has 0 fully saturated rings. The van der Waals surface area contributed by atoms with Crippen LogP contribution in [0.15, 0.2) is 42.5 Å².